The van der Waals surface area contributed by atoms with Gasteiger partial charge in [0.15, 0.2) is 5.75 Å². The van der Waals surface area contributed by atoms with E-state index in [9.17, 15) is 4.79 Å². The van der Waals surface area contributed by atoms with Crippen LogP contribution < -0.4 is 14.8 Å². The van der Waals surface area contributed by atoms with Gasteiger partial charge in [-0.3, -0.25) is 4.79 Å². The fourth-order valence-corrected chi connectivity index (χ4v) is 2.61. The Morgan fingerprint density at radius 1 is 1.13 bits per heavy atom. The zero-order chi connectivity index (χ0) is 16.7. The second-order valence-electron chi connectivity index (χ2n) is 4.74. The summed E-state index contributed by atoms with van der Waals surface area (Å²) in [6.45, 7) is 1.02. The fourth-order valence-electron chi connectivity index (χ4n) is 1.97. The number of hydrogen-bond donors (Lipinski definition) is 1. The lowest BCUT2D eigenvalue weighted by Gasteiger charge is -2.10. The Bertz CT molecular complexity index is 639. The zero-order valence-corrected chi connectivity index (χ0v) is 14.2. The first-order chi connectivity index (χ1) is 11.1. The highest BCUT2D eigenvalue weighted by Crippen LogP contribution is 2.33. The van der Waals surface area contributed by atoms with Crippen LogP contribution in [0.2, 0.25) is 10.0 Å². The van der Waals surface area contributed by atoms with Crippen molar-refractivity contribution in [1.29, 1.82) is 0 Å². The van der Waals surface area contributed by atoms with E-state index >= 15 is 0 Å². The van der Waals surface area contributed by atoms with E-state index in [1.807, 2.05) is 30.3 Å². The van der Waals surface area contributed by atoms with Gasteiger partial charge in [0, 0.05) is 12.1 Å². The van der Waals surface area contributed by atoms with Gasteiger partial charge in [0.25, 0.3) is 5.91 Å². The van der Waals surface area contributed by atoms with E-state index in [0.29, 0.717) is 40.9 Å². The molecule has 0 radical (unpaired) electrons. The Kier molecular flexibility index (Phi) is 6.56. The molecular weight excluding hydrogens is 337 g/mol. The van der Waals surface area contributed by atoms with Gasteiger partial charge in [0.05, 0.1) is 23.8 Å². The molecule has 0 aliphatic carbocycles. The normalized spacial score (nSPS) is 10.2. The van der Waals surface area contributed by atoms with Crippen LogP contribution in [0.1, 0.15) is 16.8 Å². The number of rotatable bonds is 7. The summed E-state index contributed by atoms with van der Waals surface area (Å²) >= 11 is 12.0. The van der Waals surface area contributed by atoms with E-state index in [-0.39, 0.29) is 5.91 Å². The van der Waals surface area contributed by atoms with Gasteiger partial charge in [-0.1, -0.05) is 41.4 Å². The zero-order valence-electron chi connectivity index (χ0n) is 12.6. The van der Waals surface area contributed by atoms with Gasteiger partial charge in [-0.15, -0.1) is 0 Å². The second-order valence-corrected chi connectivity index (χ2v) is 5.56. The van der Waals surface area contributed by atoms with E-state index in [1.54, 1.807) is 0 Å². The highest BCUT2D eigenvalue weighted by atomic mass is 35.5. The Morgan fingerprint density at radius 2 is 1.78 bits per heavy atom. The molecule has 2 rings (SSSR count). The molecule has 0 heterocycles. The van der Waals surface area contributed by atoms with Crippen molar-refractivity contribution in [2.45, 2.75) is 6.42 Å². The molecule has 0 bridgehead atoms. The monoisotopic (exact) mass is 353 g/mol. The first kappa shape index (κ1) is 17.4. The number of carbonyl (C=O) groups excluding carboxylic acids is 1. The molecule has 4 nitrogen and oxygen atoms in total. The average molecular weight is 354 g/mol. The maximum absolute atomic E-state index is 12.1. The maximum Gasteiger partial charge on any atom is 0.251 e. The molecule has 122 valence electrons. The van der Waals surface area contributed by atoms with Crippen molar-refractivity contribution in [3.63, 3.8) is 0 Å². The summed E-state index contributed by atoms with van der Waals surface area (Å²) in [6, 6.07) is 12.6. The van der Waals surface area contributed by atoms with Crippen LogP contribution >= 0.6 is 23.2 Å². The van der Waals surface area contributed by atoms with Crippen molar-refractivity contribution in [2.24, 2.45) is 0 Å². The van der Waals surface area contributed by atoms with Crippen LogP contribution in [0.4, 0.5) is 0 Å². The molecular formula is C17H17Cl2NO3. The third kappa shape index (κ3) is 5.05. The highest BCUT2D eigenvalue weighted by Gasteiger charge is 2.13. The van der Waals surface area contributed by atoms with Crippen molar-refractivity contribution >= 4 is 29.1 Å². The Hall–Kier alpha value is -1.91. The summed E-state index contributed by atoms with van der Waals surface area (Å²) in [5, 5.41) is 3.41. The molecule has 0 unspecified atom stereocenters. The molecule has 2 aromatic carbocycles. The Balaban J connectivity index is 1.79. The largest absolute Gasteiger partial charge is 0.494 e. The summed E-state index contributed by atoms with van der Waals surface area (Å²) < 4.78 is 10.6. The van der Waals surface area contributed by atoms with E-state index in [0.717, 1.165) is 5.75 Å². The first-order valence-electron chi connectivity index (χ1n) is 7.11. The van der Waals surface area contributed by atoms with Gasteiger partial charge in [-0.25, -0.2) is 0 Å². The lowest BCUT2D eigenvalue weighted by molar-refractivity contribution is 0.0951. The minimum atomic E-state index is -0.240. The predicted octanol–water partition coefficient (Wildman–Crippen LogP) is 4.20. The number of ether oxygens (including phenoxy) is 2. The summed E-state index contributed by atoms with van der Waals surface area (Å²) in [5.74, 6) is 0.935. The Labute approximate surface area is 145 Å². The van der Waals surface area contributed by atoms with Gasteiger partial charge < -0.3 is 14.8 Å². The van der Waals surface area contributed by atoms with Gasteiger partial charge in [0.1, 0.15) is 5.75 Å². The summed E-state index contributed by atoms with van der Waals surface area (Å²) in [5.41, 5.74) is 0.393. The van der Waals surface area contributed by atoms with Gasteiger partial charge in [0.2, 0.25) is 0 Å². The highest BCUT2D eigenvalue weighted by molar-refractivity contribution is 6.37. The Morgan fingerprint density at radius 3 is 2.39 bits per heavy atom. The summed E-state index contributed by atoms with van der Waals surface area (Å²) in [7, 11) is 1.47. The van der Waals surface area contributed by atoms with E-state index in [4.69, 9.17) is 32.7 Å². The van der Waals surface area contributed by atoms with Crippen molar-refractivity contribution in [2.75, 3.05) is 20.3 Å². The number of amides is 1. The van der Waals surface area contributed by atoms with Crippen LogP contribution in [0.5, 0.6) is 11.5 Å². The molecule has 0 fully saturated rings. The molecule has 0 aliphatic heterocycles. The quantitative estimate of drug-likeness (QED) is 0.758. The molecule has 6 heteroatoms. The van der Waals surface area contributed by atoms with Crippen LogP contribution in [0.15, 0.2) is 42.5 Å². The van der Waals surface area contributed by atoms with Crippen LogP contribution in [-0.2, 0) is 0 Å². The van der Waals surface area contributed by atoms with Crippen LogP contribution in [0.25, 0.3) is 0 Å². The van der Waals surface area contributed by atoms with Crippen LogP contribution in [-0.4, -0.2) is 26.2 Å². The third-order valence-electron chi connectivity index (χ3n) is 3.08. The lowest BCUT2D eigenvalue weighted by atomic mass is 10.2. The predicted molar refractivity (Wildman–Crippen MR) is 91.9 cm³/mol. The van der Waals surface area contributed by atoms with E-state index < -0.39 is 0 Å². The van der Waals surface area contributed by atoms with Crippen molar-refractivity contribution < 1.29 is 14.3 Å². The van der Waals surface area contributed by atoms with Crippen LogP contribution in [0.3, 0.4) is 0 Å². The number of benzene rings is 2. The molecule has 0 saturated heterocycles. The molecule has 0 aromatic heterocycles. The maximum atomic E-state index is 12.1. The number of carbonyl (C=O) groups is 1. The third-order valence-corrected chi connectivity index (χ3v) is 3.64. The lowest BCUT2D eigenvalue weighted by Crippen LogP contribution is -2.25. The molecule has 0 spiro atoms. The first-order valence-corrected chi connectivity index (χ1v) is 7.86. The molecule has 2 aromatic rings. The SMILES string of the molecule is COc1c(Cl)cc(C(=O)NCCCOc2ccccc2)cc1Cl. The van der Waals surface area contributed by atoms with Gasteiger partial charge in [-0.05, 0) is 30.7 Å². The van der Waals surface area contributed by atoms with E-state index in [1.165, 1.54) is 19.2 Å². The smallest absolute Gasteiger partial charge is 0.251 e. The molecule has 1 N–H and O–H groups in total. The standard InChI is InChI=1S/C17H17Cl2NO3/c1-22-16-14(18)10-12(11-15(16)19)17(21)20-8-5-9-23-13-6-3-2-4-7-13/h2-4,6-7,10-11H,5,8-9H2,1H3,(H,20,21). The number of hydrogen-bond acceptors (Lipinski definition) is 3. The van der Waals surface area contributed by atoms with Crippen LogP contribution in [0, 0.1) is 0 Å². The molecule has 0 saturated carbocycles. The number of methoxy groups -OCH3 is 1. The molecule has 23 heavy (non-hydrogen) atoms. The fraction of sp³-hybridized carbons (Fsp3) is 0.235. The molecule has 1 amide bonds. The van der Waals surface area contributed by atoms with E-state index in [2.05, 4.69) is 5.32 Å². The van der Waals surface area contributed by atoms with Crippen molar-refractivity contribution in [3.05, 3.63) is 58.1 Å². The van der Waals surface area contributed by atoms with Gasteiger partial charge in [-0.2, -0.15) is 0 Å². The van der Waals surface area contributed by atoms with Gasteiger partial charge >= 0.3 is 0 Å². The van der Waals surface area contributed by atoms with Crippen molar-refractivity contribution in [1.82, 2.24) is 5.32 Å². The minimum absolute atomic E-state index is 0.240. The number of para-hydroxylation sites is 1. The average Bonchev–Trinajstić information content (AvgIpc) is 2.55. The summed E-state index contributed by atoms with van der Waals surface area (Å²) in [6.07, 6.45) is 0.693. The second kappa shape index (κ2) is 8.65. The topological polar surface area (TPSA) is 47.6 Å². The minimum Gasteiger partial charge on any atom is -0.494 e. The number of halogens is 2. The summed E-state index contributed by atoms with van der Waals surface area (Å²) in [4.78, 5) is 12.1. The van der Waals surface area contributed by atoms with Crippen molar-refractivity contribution in [3.8, 4) is 11.5 Å². The molecule has 0 aliphatic rings. The number of nitrogens with one attached hydrogen (secondary N) is 1. The molecule has 0 atom stereocenters.